The summed E-state index contributed by atoms with van der Waals surface area (Å²) >= 11 is 0. The first-order chi connectivity index (χ1) is 12.6. The molecule has 0 bridgehead atoms. The molecular weight excluding hydrogens is 365 g/mol. The Hall–Kier alpha value is -1.36. The Morgan fingerprint density at radius 2 is 1.44 bits per heavy atom. The van der Waals surface area contributed by atoms with Crippen LogP contribution < -0.4 is 5.32 Å². The summed E-state index contributed by atoms with van der Waals surface area (Å²) in [6.45, 7) is 13.7. The van der Waals surface area contributed by atoms with Crippen LogP contribution in [-0.4, -0.2) is 24.9 Å². The van der Waals surface area contributed by atoms with Crippen LogP contribution in [0.15, 0.2) is 24.3 Å². The van der Waals surface area contributed by atoms with Gasteiger partial charge in [0.05, 0.1) is 18.4 Å². The lowest BCUT2D eigenvalue weighted by atomic mass is 9.92. The fraction of sp³-hybridized carbons (Fsp3) is 0.650. The van der Waals surface area contributed by atoms with E-state index in [2.05, 4.69) is 5.32 Å². The van der Waals surface area contributed by atoms with Crippen LogP contribution in [-0.2, 0) is 23.5 Å². The molecule has 0 saturated heterocycles. The van der Waals surface area contributed by atoms with E-state index in [1.165, 1.54) is 0 Å². The topological polar surface area (TPSA) is 73.9 Å². The third-order valence-corrected chi connectivity index (χ3v) is 7.50. The van der Waals surface area contributed by atoms with Crippen LogP contribution in [0.4, 0.5) is 10.5 Å². The molecule has 1 N–H and O–H groups in total. The smallest absolute Gasteiger partial charge is 0.412 e. The van der Waals surface area contributed by atoms with Gasteiger partial charge in [-0.05, 0) is 65.2 Å². The summed E-state index contributed by atoms with van der Waals surface area (Å²) in [5, 5.41) is 1.98. The van der Waals surface area contributed by atoms with Crippen LogP contribution in [0.1, 0.15) is 66.9 Å². The Morgan fingerprint density at radius 1 is 0.963 bits per heavy atom. The van der Waals surface area contributed by atoms with Gasteiger partial charge in [-0.1, -0.05) is 26.0 Å². The van der Waals surface area contributed by atoms with Crippen molar-refractivity contribution in [1.29, 1.82) is 0 Å². The van der Waals surface area contributed by atoms with Gasteiger partial charge in [0.2, 0.25) is 0 Å². The number of anilines is 1. The van der Waals surface area contributed by atoms with Gasteiger partial charge in [0.1, 0.15) is 5.60 Å². The largest absolute Gasteiger partial charge is 0.444 e. The molecule has 27 heavy (non-hydrogen) atoms. The van der Waals surface area contributed by atoms with Crippen molar-refractivity contribution in [3.8, 4) is 0 Å². The van der Waals surface area contributed by atoms with Crippen molar-refractivity contribution in [3.63, 3.8) is 0 Å². The van der Waals surface area contributed by atoms with Gasteiger partial charge in [0.25, 0.3) is 0 Å². The van der Waals surface area contributed by atoms with E-state index in [0.29, 0.717) is 31.7 Å². The van der Waals surface area contributed by atoms with Gasteiger partial charge in [-0.3, -0.25) is 9.88 Å². The molecule has 0 heterocycles. The highest BCUT2D eigenvalue weighted by Crippen LogP contribution is 2.68. The summed E-state index contributed by atoms with van der Waals surface area (Å²) < 4.78 is 30.2. The molecule has 0 saturated carbocycles. The van der Waals surface area contributed by atoms with E-state index in [1.807, 2.05) is 60.6 Å². The summed E-state index contributed by atoms with van der Waals surface area (Å²) in [6, 6.07) is 7.29. The molecule has 1 rings (SSSR count). The second-order valence-corrected chi connectivity index (χ2v) is 9.64. The van der Waals surface area contributed by atoms with E-state index < -0.39 is 24.4 Å². The average Bonchev–Trinajstić information content (AvgIpc) is 2.56. The summed E-state index contributed by atoms with van der Waals surface area (Å²) in [4.78, 5) is 11.9. The number of amides is 1. The molecule has 7 heteroatoms. The molecule has 0 unspecified atom stereocenters. The second-order valence-electron chi connectivity index (χ2n) is 7.28. The summed E-state index contributed by atoms with van der Waals surface area (Å²) in [5.74, 6) is 0. The third kappa shape index (κ3) is 5.81. The van der Waals surface area contributed by atoms with Crippen molar-refractivity contribution < 1.29 is 23.1 Å². The van der Waals surface area contributed by atoms with Crippen LogP contribution in [0.3, 0.4) is 0 Å². The maximum absolute atomic E-state index is 13.6. The molecule has 154 valence electrons. The molecule has 6 nitrogen and oxygen atoms in total. The van der Waals surface area contributed by atoms with Gasteiger partial charge in [-0.2, -0.15) is 0 Å². The molecule has 0 aliphatic heterocycles. The SMILES string of the molecule is CCOP(=O)(OCC)C(CC)(CC)c1ccc(NC(=O)OC(C)(C)C)cc1. The van der Waals surface area contributed by atoms with Gasteiger partial charge in [0, 0.05) is 5.69 Å². The molecule has 0 spiro atoms. The Labute approximate surface area is 163 Å². The van der Waals surface area contributed by atoms with Crippen LogP contribution in [0.2, 0.25) is 0 Å². The van der Waals surface area contributed by atoms with Crippen molar-refractivity contribution >= 4 is 19.4 Å². The Balaban J connectivity index is 3.16. The second kappa shape index (κ2) is 9.72. The Bertz CT molecular complexity index is 637. The molecular formula is C20H34NO5P. The number of rotatable bonds is 9. The maximum atomic E-state index is 13.6. The van der Waals surface area contributed by atoms with Gasteiger partial charge in [-0.15, -0.1) is 0 Å². The number of benzene rings is 1. The van der Waals surface area contributed by atoms with E-state index in [9.17, 15) is 9.36 Å². The predicted molar refractivity (Wildman–Crippen MR) is 109 cm³/mol. The van der Waals surface area contributed by atoms with E-state index in [1.54, 1.807) is 12.1 Å². The minimum atomic E-state index is -3.36. The quantitative estimate of drug-likeness (QED) is 0.492. The predicted octanol–water partition coefficient (Wildman–Crippen LogP) is 6.32. The van der Waals surface area contributed by atoms with Crippen LogP contribution in [0.25, 0.3) is 0 Å². The zero-order valence-corrected chi connectivity index (χ0v) is 18.5. The summed E-state index contributed by atoms with van der Waals surface area (Å²) in [6.07, 6.45) is 0.709. The van der Waals surface area contributed by atoms with E-state index in [0.717, 1.165) is 5.56 Å². The first kappa shape index (κ1) is 23.7. The zero-order chi connectivity index (χ0) is 20.7. The number of carbonyl (C=O) groups excluding carboxylic acids is 1. The lowest BCUT2D eigenvalue weighted by Crippen LogP contribution is -2.28. The fourth-order valence-corrected chi connectivity index (χ4v) is 5.60. The molecule has 0 aliphatic carbocycles. The van der Waals surface area contributed by atoms with Crippen LogP contribution >= 0.6 is 7.60 Å². The molecule has 1 aromatic rings. The van der Waals surface area contributed by atoms with E-state index >= 15 is 0 Å². The number of hydrogen-bond acceptors (Lipinski definition) is 5. The number of carbonyl (C=O) groups is 1. The average molecular weight is 399 g/mol. The summed E-state index contributed by atoms with van der Waals surface area (Å²) in [7, 11) is -3.36. The lowest BCUT2D eigenvalue weighted by molar-refractivity contribution is 0.0636. The Morgan fingerprint density at radius 3 is 1.81 bits per heavy atom. The lowest BCUT2D eigenvalue weighted by Gasteiger charge is -2.38. The highest BCUT2D eigenvalue weighted by Gasteiger charge is 2.49. The molecule has 0 aromatic heterocycles. The van der Waals surface area contributed by atoms with E-state index in [-0.39, 0.29) is 0 Å². The zero-order valence-electron chi connectivity index (χ0n) is 17.6. The van der Waals surface area contributed by atoms with Gasteiger partial charge in [-0.25, -0.2) is 4.79 Å². The highest BCUT2D eigenvalue weighted by molar-refractivity contribution is 7.55. The molecule has 0 aliphatic rings. The normalized spacial score (nSPS) is 12.7. The molecule has 0 radical (unpaired) electrons. The standard InChI is InChI=1S/C20H34NO5P/c1-8-20(9-2,27(23,24-10-3)25-11-4)16-12-14-17(15-13-16)21-18(22)26-19(5,6)7/h12-15H,8-11H2,1-7H3,(H,21,22). The minimum Gasteiger partial charge on any atom is -0.444 e. The first-order valence-electron chi connectivity index (χ1n) is 9.57. The Kier molecular flexibility index (Phi) is 8.52. The number of hydrogen-bond donors (Lipinski definition) is 1. The minimum absolute atomic E-state index is 0.317. The highest BCUT2D eigenvalue weighted by atomic mass is 31.2. The number of nitrogens with one attached hydrogen (secondary N) is 1. The summed E-state index contributed by atoms with van der Waals surface area (Å²) in [5.41, 5.74) is 0.912. The van der Waals surface area contributed by atoms with Gasteiger partial charge >= 0.3 is 13.7 Å². The van der Waals surface area contributed by atoms with Crippen molar-refractivity contribution in [3.05, 3.63) is 29.8 Å². The molecule has 1 amide bonds. The monoisotopic (exact) mass is 399 g/mol. The van der Waals surface area contributed by atoms with Crippen molar-refractivity contribution in [1.82, 2.24) is 0 Å². The number of ether oxygens (including phenoxy) is 1. The van der Waals surface area contributed by atoms with Crippen LogP contribution in [0.5, 0.6) is 0 Å². The first-order valence-corrected chi connectivity index (χ1v) is 11.1. The van der Waals surface area contributed by atoms with Gasteiger partial charge in [0.15, 0.2) is 0 Å². The van der Waals surface area contributed by atoms with Gasteiger partial charge < -0.3 is 13.8 Å². The third-order valence-electron chi connectivity index (χ3n) is 4.36. The maximum Gasteiger partial charge on any atom is 0.412 e. The van der Waals surface area contributed by atoms with Crippen molar-refractivity contribution in [2.45, 2.75) is 72.1 Å². The van der Waals surface area contributed by atoms with Crippen molar-refractivity contribution in [2.75, 3.05) is 18.5 Å². The molecule has 1 aromatic carbocycles. The van der Waals surface area contributed by atoms with E-state index in [4.69, 9.17) is 13.8 Å². The van der Waals surface area contributed by atoms with Crippen molar-refractivity contribution in [2.24, 2.45) is 0 Å². The van der Waals surface area contributed by atoms with Crippen LogP contribution in [0, 0.1) is 0 Å². The molecule has 0 fully saturated rings. The molecule has 0 atom stereocenters. The fourth-order valence-electron chi connectivity index (χ4n) is 3.11.